The van der Waals surface area contributed by atoms with Gasteiger partial charge in [-0.1, -0.05) is 43.3 Å². The van der Waals surface area contributed by atoms with Crippen LogP contribution < -0.4 is 0 Å². The van der Waals surface area contributed by atoms with Crippen molar-refractivity contribution >= 4 is 0 Å². The van der Waals surface area contributed by atoms with E-state index < -0.39 is 11.5 Å². The van der Waals surface area contributed by atoms with Gasteiger partial charge in [-0.3, -0.25) is 0 Å². The van der Waals surface area contributed by atoms with Crippen LogP contribution in [0.25, 0.3) is 11.1 Å². The highest BCUT2D eigenvalue weighted by atomic mass is 19.1. The Morgan fingerprint density at radius 3 is 2.41 bits per heavy atom. The summed E-state index contributed by atoms with van der Waals surface area (Å²) in [7, 11) is 0. The van der Waals surface area contributed by atoms with E-state index in [9.17, 15) is 14.8 Å². The second kappa shape index (κ2) is 5.55. The lowest BCUT2D eigenvalue weighted by atomic mass is 9.94. The Hall–Kier alpha value is -2.18. The SMILES string of the molecule is CCC(O)c1ccc(-c2ccc(C3(C#N)CC3)cc2F)cc1. The molecular weight excluding hydrogens is 277 g/mol. The third-order valence-corrected chi connectivity index (χ3v) is 4.48. The smallest absolute Gasteiger partial charge is 0.131 e. The first-order valence-corrected chi connectivity index (χ1v) is 7.59. The molecule has 22 heavy (non-hydrogen) atoms. The van der Waals surface area contributed by atoms with Crippen molar-refractivity contribution in [1.29, 1.82) is 5.26 Å². The Labute approximate surface area is 129 Å². The Bertz CT molecular complexity index is 726. The second-order valence-electron chi connectivity index (χ2n) is 5.93. The van der Waals surface area contributed by atoms with E-state index in [0.717, 1.165) is 29.5 Å². The Balaban J connectivity index is 1.91. The number of halogens is 1. The molecule has 0 amide bonds. The van der Waals surface area contributed by atoms with Crippen LogP contribution in [-0.4, -0.2) is 5.11 Å². The van der Waals surface area contributed by atoms with Crippen molar-refractivity contribution in [2.45, 2.75) is 37.7 Å². The average molecular weight is 295 g/mol. The highest BCUT2D eigenvalue weighted by Gasteiger charge is 2.45. The van der Waals surface area contributed by atoms with Crippen molar-refractivity contribution in [3.8, 4) is 17.2 Å². The van der Waals surface area contributed by atoms with E-state index in [4.69, 9.17) is 0 Å². The molecule has 112 valence electrons. The van der Waals surface area contributed by atoms with Gasteiger partial charge in [0.15, 0.2) is 0 Å². The first-order chi connectivity index (χ1) is 10.6. The van der Waals surface area contributed by atoms with Crippen LogP contribution >= 0.6 is 0 Å². The van der Waals surface area contributed by atoms with Gasteiger partial charge in [-0.25, -0.2) is 4.39 Å². The van der Waals surface area contributed by atoms with Gasteiger partial charge in [0.2, 0.25) is 0 Å². The standard InChI is InChI=1S/C19H18FNO/c1-2-18(22)14-5-3-13(4-6-14)16-8-7-15(11-17(16)20)19(12-21)9-10-19/h3-8,11,18,22H,2,9-10H2,1H3. The monoisotopic (exact) mass is 295 g/mol. The third-order valence-electron chi connectivity index (χ3n) is 4.48. The maximum Gasteiger partial charge on any atom is 0.131 e. The van der Waals surface area contributed by atoms with Crippen molar-refractivity contribution in [1.82, 2.24) is 0 Å². The summed E-state index contributed by atoms with van der Waals surface area (Å²) in [5.74, 6) is -0.303. The minimum Gasteiger partial charge on any atom is -0.388 e. The van der Waals surface area contributed by atoms with E-state index in [1.165, 1.54) is 6.07 Å². The van der Waals surface area contributed by atoms with Crippen LogP contribution in [0.2, 0.25) is 0 Å². The van der Waals surface area contributed by atoms with Gasteiger partial charge in [0.25, 0.3) is 0 Å². The van der Waals surface area contributed by atoms with E-state index in [-0.39, 0.29) is 5.82 Å². The summed E-state index contributed by atoms with van der Waals surface area (Å²) in [5, 5.41) is 19.0. The number of hydrogen-bond acceptors (Lipinski definition) is 2. The molecule has 0 saturated heterocycles. The zero-order valence-electron chi connectivity index (χ0n) is 12.5. The number of aliphatic hydroxyl groups is 1. The number of benzene rings is 2. The van der Waals surface area contributed by atoms with Crippen molar-refractivity contribution in [3.05, 3.63) is 59.4 Å². The van der Waals surface area contributed by atoms with E-state index in [0.29, 0.717) is 12.0 Å². The molecule has 1 aliphatic carbocycles. The third kappa shape index (κ3) is 2.51. The normalized spacial score (nSPS) is 16.8. The summed E-state index contributed by atoms with van der Waals surface area (Å²) in [6.45, 7) is 1.92. The van der Waals surface area contributed by atoms with Crippen LogP contribution in [0.3, 0.4) is 0 Å². The van der Waals surface area contributed by atoms with Gasteiger partial charge in [0, 0.05) is 5.56 Å². The van der Waals surface area contributed by atoms with Crippen molar-refractivity contribution in [2.24, 2.45) is 0 Å². The molecule has 1 aliphatic rings. The van der Waals surface area contributed by atoms with Crippen molar-refractivity contribution in [3.63, 3.8) is 0 Å². The fraction of sp³-hybridized carbons (Fsp3) is 0.316. The summed E-state index contributed by atoms with van der Waals surface area (Å²) in [5.41, 5.74) is 2.45. The largest absolute Gasteiger partial charge is 0.388 e. The average Bonchev–Trinajstić information content (AvgIpc) is 3.35. The molecule has 1 saturated carbocycles. The molecule has 0 spiro atoms. The molecule has 0 aromatic heterocycles. The lowest BCUT2D eigenvalue weighted by Crippen LogP contribution is -2.03. The maximum atomic E-state index is 14.4. The van der Waals surface area contributed by atoms with Gasteiger partial charge in [-0.15, -0.1) is 0 Å². The summed E-state index contributed by atoms with van der Waals surface area (Å²) in [6, 6.07) is 14.7. The molecule has 2 aromatic carbocycles. The van der Waals surface area contributed by atoms with Gasteiger partial charge in [0.05, 0.1) is 17.6 Å². The number of aliphatic hydroxyl groups excluding tert-OH is 1. The van der Waals surface area contributed by atoms with E-state index in [1.807, 2.05) is 37.3 Å². The van der Waals surface area contributed by atoms with E-state index >= 15 is 0 Å². The number of rotatable bonds is 4. The molecule has 2 nitrogen and oxygen atoms in total. The van der Waals surface area contributed by atoms with Gasteiger partial charge >= 0.3 is 0 Å². The number of nitriles is 1. The van der Waals surface area contributed by atoms with Crippen LogP contribution in [0.15, 0.2) is 42.5 Å². The first kappa shape index (κ1) is 14.7. The molecule has 0 heterocycles. The molecule has 1 atom stereocenters. The fourth-order valence-corrected chi connectivity index (χ4v) is 2.76. The summed E-state index contributed by atoms with van der Waals surface area (Å²) >= 11 is 0. The van der Waals surface area contributed by atoms with Crippen LogP contribution in [0.5, 0.6) is 0 Å². The fourth-order valence-electron chi connectivity index (χ4n) is 2.76. The van der Waals surface area contributed by atoms with Crippen LogP contribution in [0.4, 0.5) is 4.39 Å². The highest BCUT2D eigenvalue weighted by Crippen LogP contribution is 2.48. The van der Waals surface area contributed by atoms with Gasteiger partial charge in [-0.05, 0) is 42.0 Å². The molecular formula is C19H18FNO. The van der Waals surface area contributed by atoms with Crippen LogP contribution in [0, 0.1) is 17.1 Å². The lowest BCUT2D eigenvalue weighted by molar-refractivity contribution is 0.173. The molecule has 1 unspecified atom stereocenters. The van der Waals surface area contributed by atoms with Crippen LogP contribution in [-0.2, 0) is 5.41 Å². The van der Waals surface area contributed by atoms with Gasteiger partial charge in [-0.2, -0.15) is 5.26 Å². The summed E-state index contributed by atoms with van der Waals surface area (Å²) in [4.78, 5) is 0. The zero-order chi connectivity index (χ0) is 15.7. The molecule has 3 heteroatoms. The Morgan fingerprint density at radius 1 is 1.23 bits per heavy atom. The molecule has 3 rings (SSSR count). The van der Waals surface area contributed by atoms with Gasteiger partial charge < -0.3 is 5.11 Å². The van der Waals surface area contributed by atoms with Crippen LogP contribution in [0.1, 0.15) is 43.4 Å². The minimum absolute atomic E-state index is 0.303. The quantitative estimate of drug-likeness (QED) is 0.903. The Kier molecular flexibility index (Phi) is 3.72. The molecule has 1 N–H and O–H groups in total. The summed E-state index contributed by atoms with van der Waals surface area (Å²) in [6.07, 6.45) is 1.79. The molecule has 0 bridgehead atoms. The summed E-state index contributed by atoms with van der Waals surface area (Å²) < 4.78 is 14.4. The topological polar surface area (TPSA) is 44.0 Å². The number of nitrogens with zero attached hydrogens (tertiary/aromatic N) is 1. The predicted molar refractivity (Wildman–Crippen MR) is 83.6 cm³/mol. The highest BCUT2D eigenvalue weighted by molar-refractivity contribution is 5.65. The van der Waals surface area contributed by atoms with Gasteiger partial charge in [0.1, 0.15) is 5.82 Å². The second-order valence-corrected chi connectivity index (χ2v) is 5.93. The van der Waals surface area contributed by atoms with Crippen molar-refractivity contribution < 1.29 is 9.50 Å². The molecule has 0 aliphatic heterocycles. The lowest BCUT2D eigenvalue weighted by Gasteiger charge is -2.11. The minimum atomic E-state index is -0.480. The first-order valence-electron chi connectivity index (χ1n) is 7.59. The predicted octanol–water partition coefficient (Wildman–Crippen LogP) is 4.49. The van der Waals surface area contributed by atoms with E-state index in [2.05, 4.69) is 6.07 Å². The zero-order valence-corrected chi connectivity index (χ0v) is 12.5. The molecule has 0 radical (unpaired) electrons. The maximum absolute atomic E-state index is 14.4. The van der Waals surface area contributed by atoms with E-state index in [1.54, 1.807) is 6.07 Å². The van der Waals surface area contributed by atoms with Crippen molar-refractivity contribution in [2.75, 3.05) is 0 Å². The molecule has 1 fully saturated rings. The number of hydrogen-bond donors (Lipinski definition) is 1. The Morgan fingerprint density at radius 2 is 1.91 bits per heavy atom. The molecule has 2 aromatic rings.